The van der Waals surface area contributed by atoms with Crippen molar-refractivity contribution in [3.8, 4) is 0 Å². The van der Waals surface area contributed by atoms with Gasteiger partial charge in [0.2, 0.25) is 0 Å². The Bertz CT molecular complexity index is 738. The zero-order chi connectivity index (χ0) is 18.4. The fraction of sp³-hybridized carbons (Fsp3) is 0.300. The van der Waals surface area contributed by atoms with Gasteiger partial charge in [-0.05, 0) is 69.4 Å². The van der Waals surface area contributed by atoms with Crippen LogP contribution in [-0.2, 0) is 0 Å². The lowest BCUT2D eigenvalue weighted by Crippen LogP contribution is -2.43. The first-order valence-electron chi connectivity index (χ1n) is 8.83. The molecule has 0 aromatic heterocycles. The quantitative estimate of drug-likeness (QED) is 0.791. The van der Waals surface area contributed by atoms with E-state index >= 15 is 0 Å². The molecule has 0 aliphatic carbocycles. The summed E-state index contributed by atoms with van der Waals surface area (Å²) in [5.41, 5.74) is 1.95. The van der Waals surface area contributed by atoms with Crippen LogP contribution in [0.15, 0.2) is 54.6 Å². The number of urea groups is 1. The molecular formula is C20H24N4O2. The highest BCUT2D eigenvalue weighted by molar-refractivity contribution is 6.00. The van der Waals surface area contributed by atoms with Crippen LogP contribution in [0.25, 0.3) is 0 Å². The molecule has 1 aliphatic rings. The highest BCUT2D eigenvalue weighted by atomic mass is 16.2. The van der Waals surface area contributed by atoms with Crippen LogP contribution >= 0.6 is 0 Å². The highest BCUT2D eigenvalue weighted by Gasteiger charge is 2.19. The molecule has 1 saturated heterocycles. The van der Waals surface area contributed by atoms with Gasteiger partial charge in [0, 0.05) is 23.0 Å². The van der Waals surface area contributed by atoms with Crippen LogP contribution in [0, 0.1) is 0 Å². The first-order valence-corrected chi connectivity index (χ1v) is 8.83. The number of anilines is 2. The maximum atomic E-state index is 12.3. The van der Waals surface area contributed by atoms with Gasteiger partial charge in [-0.2, -0.15) is 0 Å². The second-order valence-electron chi connectivity index (χ2n) is 6.57. The van der Waals surface area contributed by atoms with Crippen molar-refractivity contribution in [1.82, 2.24) is 10.2 Å². The molecule has 0 saturated carbocycles. The summed E-state index contributed by atoms with van der Waals surface area (Å²) in [6, 6.07) is 16.0. The molecule has 1 heterocycles. The summed E-state index contributed by atoms with van der Waals surface area (Å²) in [7, 11) is 2.09. The number of nitrogens with one attached hydrogen (secondary N) is 3. The molecule has 0 radical (unpaired) electrons. The maximum Gasteiger partial charge on any atom is 0.323 e. The van der Waals surface area contributed by atoms with Crippen LogP contribution in [0.4, 0.5) is 16.2 Å². The summed E-state index contributed by atoms with van der Waals surface area (Å²) in [6.07, 6.45) is 1.95. The van der Waals surface area contributed by atoms with Crippen molar-refractivity contribution in [3.05, 3.63) is 60.2 Å². The van der Waals surface area contributed by atoms with E-state index in [4.69, 9.17) is 0 Å². The minimum absolute atomic E-state index is 0.0696. The molecule has 0 bridgehead atoms. The number of carbonyl (C=O) groups is 2. The normalized spacial score (nSPS) is 15.3. The largest absolute Gasteiger partial charge is 0.349 e. The summed E-state index contributed by atoms with van der Waals surface area (Å²) in [5.74, 6) is -0.0696. The lowest BCUT2D eigenvalue weighted by Gasteiger charge is -2.29. The SMILES string of the molecule is CN1CCC(NC(=O)c2ccc(NC(=O)Nc3ccccc3)cc2)CC1. The van der Waals surface area contributed by atoms with E-state index < -0.39 is 0 Å². The van der Waals surface area contributed by atoms with Gasteiger partial charge < -0.3 is 20.9 Å². The Labute approximate surface area is 153 Å². The predicted molar refractivity (Wildman–Crippen MR) is 104 cm³/mol. The van der Waals surface area contributed by atoms with Crippen molar-refractivity contribution < 1.29 is 9.59 Å². The van der Waals surface area contributed by atoms with E-state index in [1.54, 1.807) is 24.3 Å². The van der Waals surface area contributed by atoms with Crippen molar-refractivity contribution >= 4 is 23.3 Å². The Morgan fingerprint density at radius 3 is 2.08 bits per heavy atom. The van der Waals surface area contributed by atoms with E-state index in [0.29, 0.717) is 11.3 Å². The van der Waals surface area contributed by atoms with Crippen LogP contribution in [0.2, 0.25) is 0 Å². The second kappa shape index (κ2) is 8.49. The van der Waals surface area contributed by atoms with Gasteiger partial charge in [0.15, 0.2) is 0 Å². The number of likely N-dealkylation sites (tertiary alicyclic amines) is 1. The third-order valence-corrected chi connectivity index (χ3v) is 4.49. The molecule has 3 N–H and O–H groups in total. The van der Waals surface area contributed by atoms with Crippen molar-refractivity contribution in [2.45, 2.75) is 18.9 Å². The van der Waals surface area contributed by atoms with Gasteiger partial charge >= 0.3 is 6.03 Å². The van der Waals surface area contributed by atoms with Gasteiger partial charge in [0.1, 0.15) is 0 Å². The fourth-order valence-corrected chi connectivity index (χ4v) is 2.94. The molecule has 1 fully saturated rings. The zero-order valence-corrected chi connectivity index (χ0v) is 14.9. The van der Waals surface area contributed by atoms with Gasteiger partial charge in [0.05, 0.1) is 0 Å². The van der Waals surface area contributed by atoms with Gasteiger partial charge in [0.25, 0.3) is 5.91 Å². The summed E-state index contributed by atoms with van der Waals surface area (Å²) < 4.78 is 0. The van der Waals surface area contributed by atoms with E-state index in [1.807, 2.05) is 30.3 Å². The van der Waals surface area contributed by atoms with Gasteiger partial charge in [-0.15, -0.1) is 0 Å². The average molecular weight is 352 g/mol. The zero-order valence-electron chi connectivity index (χ0n) is 14.9. The molecule has 0 spiro atoms. The molecule has 3 amide bonds. The molecule has 26 heavy (non-hydrogen) atoms. The molecule has 2 aromatic carbocycles. The van der Waals surface area contributed by atoms with Gasteiger partial charge in [-0.3, -0.25) is 4.79 Å². The van der Waals surface area contributed by atoms with E-state index in [9.17, 15) is 9.59 Å². The van der Waals surface area contributed by atoms with Crippen molar-refractivity contribution in [3.63, 3.8) is 0 Å². The number of hydrogen-bond acceptors (Lipinski definition) is 3. The topological polar surface area (TPSA) is 73.5 Å². The monoisotopic (exact) mass is 352 g/mol. The number of hydrogen-bond donors (Lipinski definition) is 3. The van der Waals surface area contributed by atoms with Crippen LogP contribution in [0.1, 0.15) is 23.2 Å². The minimum Gasteiger partial charge on any atom is -0.349 e. The Morgan fingerprint density at radius 1 is 0.885 bits per heavy atom. The molecule has 6 heteroatoms. The molecule has 1 aliphatic heterocycles. The Kier molecular flexibility index (Phi) is 5.86. The van der Waals surface area contributed by atoms with Crippen LogP contribution < -0.4 is 16.0 Å². The Hall–Kier alpha value is -2.86. The first kappa shape index (κ1) is 17.9. The summed E-state index contributed by atoms with van der Waals surface area (Å²) in [4.78, 5) is 26.6. The minimum atomic E-state index is -0.320. The smallest absolute Gasteiger partial charge is 0.323 e. The first-order chi connectivity index (χ1) is 12.6. The third-order valence-electron chi connectivity index (χ3n) is 4.49. The van der Waals surface area contributed by atoms with Crippen LogP contribution in [0.5, 0.6) is 0 Å². The number of amides is 3. The molecule has 2 aromatic rings. The molecular weight excluding hydrogens is 328 g/mol. The third kappa shape index (κ3) is 5.07. The lowest BCUT2D eigenvalue weighted by atomic mass is 10.0. The number of nitrogens with zero attached hydrogens (tertiary/aromatic N) is 1. The van der Waals surface area contributed by atoms with Gasteiger partial charge in [-0.25, -0.2) is 4.79 Å². The molecule has 6 nitrogen and oxygen atoms in total. The van der Waals surface area contributed by atoms with Crippen LogP contribution in [-0.4, -0.2) is 43.0 Å². The van der Waals surface area contributed by atoms with E-state index in [-0.39, 0.29) is 18.0 Å². The number of carbonyl (C=O) groups excluding carboxylic acids is 2. The van der Waals surface area contributed by atoms with E-state index in [2.05, 4.69) is 27.9 Å². The summed E-state index contributed by atoms with van der Waals surface area (Å²) >= 11 is 0. The Balaban J connectivity index is 1.51. The average Bonchev–Trinajstić information content (AvgIpc) is 2.65. The summed E-state index contributed by atoms with van der Waals surface area (Å²) in [5, 5.41) is 8.59. The standard InChI is InChI=1S/C20H24N4O2/c1-24-13-11-18(12-14-24)21-19(25)15-7-9-17(10-8-15)23-20(26)22-16-5-3-2-4-6-16/h2-10,18H,11-14H2,1H3,(H,21,25)(H2,22,23,26). The number of rotatable bonds is 4. The van der Waals surface area contributed by atoms with Crippen molar-refractivity contribution in [2.75, 3.05) is 30.8 Å². The molecule has 136 valence electrons. The van der Waals surface area contributed by atoms with E-state index in [1.165, 1.54) is 0 Å². The summed E-state index contributed by atoms with van der Waals surface area (Å²) in [6.45, 7) is 2.01. The van der Waals surface area contributed by atoms with E-state index in [0.717, 1.165) is 31.6 Å². The van der Waals surface area contributed by atoms with Crippen molar-refractivity contribution in [2.24, 2.45) is 0 Å². The molecule has 0 atom stereocenters. The maximum absolute atomic E-state index is 12.3. The predicted octanol–water partition coefficient (Wildman–Crippen LogP) is 3.15. The Morgan fingerprint density at radius 2 is 1.46 bits per heavy atom. The van der Waals surface area contributed by atoms with Crippen LogP contribution in [0.3, 0.4) is 0 Å². The molecule has 3 rings (SSSR count). The number of piperidine rings is 1. The fourth-order valence-electron chi connectivity index (χ4n) is 2.94. The van der Waals surface area contributed by atoms with Gasteiger partial charge in [-0.1, -0.05) is 18.2 Å². The second-order valence-corrected chi connectivity index (χ2v) is 6.57. The van der Waals surface area contributed by atoms with Crippen molar-refractivity contribution in [1.29, 1.82) is 0 Å². The molecule has 0 unspecified atom stereocenters. The lowest BCUT2D eigenvalue weighted by molar-refractivity contribution is 0.0917. The number of benzene rings is 2. The number of para-hydroxylation sites is 1. The highest BCUT2D eigenvalue weighted by Crippen LogP contribution is 2.13.